The number of hydrogen-bond donors (Lipinski definition) is 2. The molecule has 2 rings (SSSR count). The molecule has 1 aromatic heterocycles. The summed E-state index contributed by atoms with van der Waals surface area (Å²) >= 11 is 0. The Bertz CT molecular complexity index is 590. The fourth-order valence-corrected chi connectivity index (χ4v) is 1.68. The number of carbonyl (C=O) groups is 1. The van der Waals surface area contributed by atoms with Crippen LogP contribution in [0.3, 0.4) is 0 Å². The maximum atomic E-state index is 12.0. The number of amides is 1. The molecule has 1 heterocycles. The maximum Gasteiger partial charge on any atom is 0.295 e. The van der Waals surface area contributed by atoms with E-state index in [4.69, 9.17) is 4.74 Å². The highest BCUT2D eigenvalue weighted by atomic mass is 16.5. The molecular weight excluding hydrogens is 268 g/mol. The highest BCUT2D eigenvalue weighted by molar-refractivity contribution is 6.01. The lowest BCUT2D eigenvalue weighted by molar-refractivity contribution is 0.101. The number of anilines is 1. The van der Waals surface area contributed by atoms with Crippen LogP contribution in [0.4, 0.5) is 5.69 Å². The fourth-order valence-electron chi connectivity index (χ4n) is 1.68. The minimum atomic E-state index is -0.333. The lowest BCUT2D eigenvalue weighted by atomic mass is 10.2. The average molecular weight is 288 g/mol. The summed E-state index contributed by atoms with van der Waals surface area (Å²) in [5, 5.41) is 9.44. The molecule has 2 aromatic rings. The second-order valence-corrected chi connectivity index (χ2v) is 5.03. The fraction of sp³-hybridized carbons (Fsp3) is 0.400. The third-order valence-electron chi connectivity index (χ3n) is 2.84. The average Bonchev–Trinajstić information content (AvgIpc) is 2.97. The Balaban J connectivity index is 1.98. The Morgan fingerprint density at radius 2 is 2.05 bits per heavy atom. The number of nitrogens with zero attached hydrogens (tertiary/aromatic N) is 2. The van der Waals surface area contributed by atoms with Crippen molar-refractivity contribution in [1.82, 2.24) is 15.2 Å². The van der Waals surface area contributed by atoms with E-state index in [2.05, 4.69) is 27.4 Å². The van der Waals surface area contributed by atoms with Crippen LogP contribution in [0.2, 0.25) is 0 Å². The molecule has 1 aromatic carbocycles. The lowest BCUT2D eigenvalue weighted by Crippen LogP contribution is -2.13. The molecule has 0 fully saturated rings. The molecule has 1 amide bonds. The van der Waals surface area contributed by atoms with E-state index in [1.807, 2.05) is 26.0 Å². The Morgan fingerprint density at radius 3 is 2.62 bits per heavy atom. The van der Waals surface area contributed by atoms with Crippen molar-refractivity contribution >= 4 is 11.6 Å². The SMILES string of the molecule is CCCOc1ccc(NC(=O)c2n[nH]c(C(C)C)n2)cc1. The summed E-state index contributed by atoms with van der Waals surface area (Å²) in [5.74, 6) is 1.50. The first-order valence-corrected chi connectivity index (χ1v) is 7.06. The highest BCUT2D eigenvalue weighted by Gasteiger charge is 2.14. The molecule has 0 spiro atoms. The predicted octanol–water partition coefficient (Wildman–Crippen LogP) is 2.97. The Labute approximate surface area is 123 Å². The number of aromatic amines is 1. The van der Waals surface area contributed by atoms with Gasteiger partial charge in [0, 0.05) is 11.6 Å². The van der Waals surface area contributed by atoms with Crippen molar-refractivity contribution in [3.8, 4) is 5.75 Å². The highest BCUT2D eigenvalue weighted by Crippen LogP contribution is 2.16. The molecule has 0 unspecified atom stereocenters. The number of ether oxygens (including phenoxy) is 1. The normalized spacial score (nSPS) is 10.7. The van der Waals surface area contributed by atoms with E-state index in [9.17, 15) is 4.79 Å². The second-order valence-electron chi connectivity index (χ2n) is 5.03. The third-order valence-corrected chi connectivity index (χ3v) is 2.84. The lowest BCUT2D eigenvalue weighted by Gasteiger charge is -2.06. The van der Waals surface area contributed by atoms with Gasteiger partial charge in [-0.3, -0.25) is 9.89 Å². The van der Waals surface area contributed by atoms with Crippen molar-refractivity contribution < 1.29 is 9.53 Å². The molecule has 0 aliphatic heterocycles. The molecular formula is C15H20N4O2. The summed E-state index contributed by atoms with van der Waals surface area (Å²) in [7, 11) is 0. The van der Waals surface area contributed by atoms with Crippen LogP contribution < -0.4 is 10.1 Å². The van der Waals surface area contributed by atoms with Crippen molar-refractivity contribution in [3.05, 3.63) is 35.9 Å². The van der Waals surface area contributed by atoms with Crippen molar-refractivity contribution in [1.29, 1.82) is 0 Å². The summed E-state index contributed by atoms with van der Waals surface area (Å²) in [5.41, 5.74) is 0.680. The Morgan fingerprint density at radius 1 is 1.33 bits per heavy atom. The molecule has 21 heavy (non-hydrogen) atoms. The van der Waals surface area contributed by atoms with Crippen LogP contribution in [0.25, 0.3) is 0 Å². The first-order valence-electron chi connectivity index (χ1n) is 7.06. The monoisotopic (exact) mass is 288 g/mol. The number of rotatable bonds is 6. The van der Waals surface area contributed by atoms with Gasteiger partial charge in [-0.2, -0.15) is 0 Å². The molecule has 0 aliphatic rings. The van der Waals surface area contributed by atoms with Gasteiger partial charge in [0.05, 0.1) is 6.61 Å². The Hall–Kier alpha value is -2.37. The van der Waals surface area contributed by atoms with Crippen LogP contribution in [-0.4, -0.2) is 27.7 Å². The minimum absolute atomic E-state index is 0.144. The minimum Gasteiger partial charge on any atom is -0.494 e. The van der Waals surface area contributed by atoms with Gasteiger partial charge in [-0.05, 0) is 30.7 Å². The second kappa shape index (κ2) is 6.88. The summed E-state index contributed by atoms with van der Waals surface area (Å²) in [6, 6.07) is 7.23. The van der Waals surface area contributed by atoms with Gasteiger partial charge in [0.25, 0.3) is 5.91 Å². The quantitative estimate of drug-likeness (QED) is 0.856. The van der Waals surface area contributed by atoms with E-state index in [0.717, 1.165) is 12.2 Å². The zero-order valence-electron chi connectivity index (χ0n) is 12.5. The largest absolute Gasteiger partial charge is 0.494 e. The molecule has 0 atom stereocenters. The van der Waals surface area contributed by atoms with Gasteiger partial charge in [0.2, 0.25) is 5.82 Å². The van der Waals surface area contributed by atoms with Crippen LogP contribution in [0.1, 0.15) is 49.6 Å². The zero-order chi connectivity index (χ0) is 15.2. The molecule has 0 saturated heterocycles. The third kappa shape index (κ3) is 4.05. The van der Waals surface area contributed by atoms with Crippen molar-refractivity contribution in [2.75, 3.05) is 11.9 Å². The number of hydrogen-bond acceptors (Lipinski definition) is 4. The predicted molar refractivity (Wildman–Crippen MR) is 80.7 cm³/mol. The number of nitrogens with one attached hydrogen (secondary N) is 2. The Kier molecular flexibility index (Phi) is 4.92. The van der Waals surface area contributed by atoms with E-state index in [1.165, 1.54) is 0 Å². The van der Waals surface area contributed by atoms with Crippen LogP contribution in [0.5, 0.6) is 5.75 Å². The van der Waals surface area contributed by atoms with Crippen LogP contribution in [-0.2, 0) is 0 Å². The molecule has 0 aliphatic carbocycles. The number of benzene rings is 1. The van der Waals surface area contributed by atoms with Crippen molar-refractivity contribution in [2.45, 2.75) is 33.1 Å². The molecule has 0 bridgehead atoms. The first-order chi connectivity index (χ1) is 10.1. The van der Waals surface area contributed by atoms with Crippen molar-refractivity contribution in [2.24, 2.45) is 0 Å². The summed E-state index contributed by atoms with van der Waals surface area (Å²) in [4.78, 5) is 16.2. The first kappa shape index (κ1) is 15.0. The smallest absolute Gasteiger partial charge is 0.295 e. The number of aromatic nitrogens is 3. The van der Waals surface area contributed by atoms with Crippen LogP contribution in [0, 0.1) is 0 Å². The van der Waals surface area contributed by atoms with Gasteiger partial charge < -0.3 is 10.1 Å². The zero-order valence-corrected chi connectivity index (χ0v) is 12.5. The molecule has 6 nitrogen and oxygen atoms in total. The van der Waals surface area contributed by atoms with E-state index >= 15 is 0 Å². The standard InChI is InChI=1S/C15H20N4O2/c1-4-9-21-12-7-5-11(6-8-12)16-15(20)14-17-13(10(2)3)18-19-14/h5-8,10H,4,9H2,1-3H3,(H,16,20)(H,17,18,19). The molecule has 0 radical (unpaired) electrons. The molecule has 6 heteroatoms. The number of carbonyl (C=O) groups excluding carboxylic acids is 1. The van der Waals surface area contributed by atoms with E-state index < -0.39 is 0 Å². The van der Waals surface area contributed by atoms with E-state index in [0.29, 0.717) is 18.1 Å². The number of H-pyrrole nitrogens is 1. The molecule has 0 saturated carbocycles. The van der Waals surface area contributed by atoms with E-state index in [-0.39, 0.29) is 17.6 Å². The van der Waals surface area contributed by atoms with E-state index in [1.54, 1.807) is 12.1 Å². The topological polar surface area (TPSA) is 79.9 Å². The molecule has 112 valence electrons. The summed E-state index contributed by atoms with van der Waals surface area (Å²) in [6.07, 6.45) is 0.960. The van der Waals surface area contributed by atoms with Crippen molar-refractivity contribution in [3.63, 3.8) is 0 Å². The van der Waals surface area contributed by atoms with Gasteiger partial charge in [0.15, 0.2) is 0 Å². The summed E-state index contributed by atoms with van der Waals surface area (Å²) in [6.45, 7) is 6.70. The molecule has 2 N–H and O–H groups in total. The summed E-state index contributed by atoms with van der Waals surface area (Å²) < 4.78 is 5.49. The van der Waals surface area contributed by atoms with Crippen LogP contribution in [0.15, 0.2) is 24.3 Å². The van der Waals surface area contributed by atoms with Gasteiger partial charge in [-0.15, -0.1) is 5.10 Å². The maximum absolute atomic E-state index is 12.0. The van der Waals surface area contributed by atoms with Gasteiger partial charge in [-0.25, -0.2) is 4.98 Å². The van der Waals surface area contributed by atoms with Gasteiger partial charge in [0.1, 0.15) is 11.6 Å². The van der Waals surface area contributed by atoms with Crippen LogP contribution >= 0.6 is 0 Å². The van der Waals surface area contributed by atoms with Gasteiger partial charge in [-0.1, -0.05) is 20.8 Å². The van der Waals surface area contributed by atoms with Gasteiger partial charge >= 0.3 is 0 Å².